The summed E-state index contributed by atoms with van der Waals surface area (Å²) in [5.41, 5.74) is 0.475. The summed E-state index contributed by atoms with van der Waals surface area (Å²) in [4.78, 5) is 12.1. The molecule has 0 spiro atoms. The van der Waals surface area contributed by atoms with Gasteiger partial charge in [-0.1, -0.05) is 23.2 Å². The molecule has 24 heavy (non-hydrogen) atoms. The molecule has 1 heterocycles. The highest BCUT2D eigenvalue weighted by molar-refractivity contribution is 7.88. The molecule has 0 saturated carbocycles. The van der Waals surface area contributed by atoms with Crippen LogP contribution in [0.5, 0.6) is 0 Å². The Bertz CT molecular complexity index is 670. The van der Waals surface area contributed by atoms with Gasteiger partial charge in [-0.15, -0.1) is 0 Å². The molecule has 1 saturated heterocycles. The molecular weight excluding hydrogens is 375 g/mol. The number of carbonyl (C=O) groups is 1. The number of amides is 1. The van der Waals surface area contributed by atoms with Gasteiger partial charge in [0.25, 0.3) is 0 Å². The summed E-state index contributed by atoms with van der Waals surface area (Å²) in [6.45, 7) is 1.02. The molecule has 1 unspecified atom stereocenters. The first-order chi connectivity index (χ1) is 11.2. The Kier molecular flexibility index (Phi) is 6.88. The van der Waals surface area contributed by atoms with Crippen LogP contribution in [0.25, 0.3) is 0 Å². The average molecular weight is 395 g/mol. The number of hydrogen-bond donors (Lipinski definition) is 1. The van der Waals surface area contributed by atoms with Crippen molar-refractivity contribution in [1.29, 1.82) is 0 Å². The maximum Gasteiger partial charge on any atom is 0.225 e. The van der Waals surface area contributed by atoms with Crippen LogP contribution in [-0.2, 0) is 19.6 Å². The number of anilines is 1. The van der Waals surface area contributed by atoms with Crippen LogP contribution >= 0.6 is 23.2 Å². The lowest BCUT2D eigenvalue weighted by molar-refractivity contribution is -0.116. The molecule has 1 aliphatic heterocycles. The number of rotatable bonds is 7. The van der Waals surface area contributed by atoms with Crippen LogP contribution < -0.4 is 5.32 Å². The predicted octanol–water partition coefficient (Wildman–Crippen LogP) is 2.76. The third-order valence-electron chi connectivity index (χ3n) is 3.63. The fourth-order valence-corrected chi connectivity index (χ4v) is 3.87. The highest BCUT2D eigenvalue weighted by Crippen LogP contribution is 2.22. The van der Waals surface area contributed by atoms with E-state index >= 15 is 0 Å². The molecule has 1 fully saturated rings. The third-order valence-corrected chi connectivity index (χ3v) is 5.34. The Morgan fingerprint density at radius 1 is 1.33 bits per heavy atom. The molecule has 1 N–H and O–H groups in total. The maximum absolute atomic E-state index is 12.1. The van der Waals surface area contributed by atoms with Crippen molar-refractivity contribution in [3.63, 3.8) is 0 Å². The van der Waals surface area contributed by atoms with E-state index in [0.717, 1.165) is 19.1 Å². The second kappa shape index (κ2) is 8.49. The van der Waals surface area contributed by atoms with E-state index in [2.05, 4.69) is 5.32 Å². The molecule has 0 radical (unpaired) electrons. The van der Waals surface area contributed by atoms with Gasteiger partial charge in [0, 0.05) is 41.8 Å². The van der Waals surface area contributed by atoms with Crippen molar-refractivity contribution in [2.75, 3.05) is 31.3 Å². The van der Waals surface area contributed by atoms with Crippen molar-refractivity contribution < 1.29 is 17.9 Å². The van der Waals surface area contributed by atoms with Gasteiger partial charge in [0.05, 0.1) is 12.4 Å². The summed E-state index contributed by atoms with van der Waals surface area (Å²) in [7, 11) is -3.40. The summed E-state index contributed by atoms with van der Waals surface area (Å²) < 4.78 is 30.5. The van der Waals surface area contributed by atoms with E-state index in [9.17, 15) is 13.2 Å². The highest BCUT2D eigenvalue weighted by Gasteiger charge is 2.25. The van der Waals surface area contributed by atoms with E-state index in [1.807, 2.05) is 0 Å². The lowest BCUT2D eigenvalue weighted by atomic mass is 10.2. The minimum atomic E-state index is -3.40. The molecule has 1 aromatic carbocycles. The van der Waals surface area contributed by atoms with E-state index < -0.39 is 10.0 Å². The molecule has 0 bridgehead atoms. The first kappa shape index (κ1) is 19.5. The maximum atomic E-state index is 12.1. The van der Waals surface area contributed by atoms with Gasteiger partial charge < -0.3 is 10.1 Å². The molecule has 6 nitrogen and oxygen atoms in total. The number of sulfonamides is 1. The summed E-state index contributed by atoms with van der Waals surface area (Å²) in [6.07, 6.45) is 2.83. The quantitative estimate of drug-likeness (QED) is 0.771. The minimum absolute atomic E-state index is 0.0317. The molecule has 134 valence electrons. The third kappa shape index (κ3) is 6.22. The van der Waals surface area contributed by atoms with Gasteiger partial charge in [-0.05, 0) is 31.0 Å². The van der Waals surface area contributed by atoms with E-state index in [0.29, 0.717) is 22.3 Å². The van der Waals surface area contributed by atoms with Crippen LogP contribution in [-0.4, -0.2) is 50.7 Å². The first-order valence-electron chi connectivity index (χ1n) is 7.57. The van der Waals surface area contributed by atoms with Gasteiger partial charge in [0.15, 0.2) is 0 Å². The first-order valence-corrected chi connectivity index (χ1v) is 10.2. The number of nitrogens with zero attached hydrogens (tertiary/aromatic N) is 1. The fraction of sp³-hybridized carbons (Fsp3) is 0.533. The van der Waals surface area contributed by atoms with Crippen molar-refractivity contribution in [1.82, 2.24) is 4.31 Å². The smallest absolute Gasteiger partial charge is 0.225 e. The number of benzene rings is 1. The van der Waals surface area contributed by atoms with Crippen molar-refractivity contribution >= 4 is 44.8 Å². The number of halogens is 2. The Balaban J connectivity index is 1.91. The topological polar surface area (TPSA) is 75.7 Å². The van der Waals surface area contributed by atoms with Crippen LogP contribution in [0.15, 0.2) is 18.2 Å². The molecule has 9 heteroatoms. The van der Waals surface area contributed by atoms with Crippen molar-refractivity contribution in [2.24, 2.45) is 0 Å². The second-order valence-electron chi connectivity index (χ2n) is 5.71. The van der Waals surface area contributed by atoms with Gasteiger partial charge in [-0.3, -0.25) is 4.79 Å². The van der Waals surface area contributed by atoms with E-state index in [-0.39, 0.29) is 31.5 Å². The van der Waals surface area contributed by atoms with Gasteiger partial charge >= 0.3 is 0 Å². The van der Waals surface area contributed by atoms with Crippen LogP contribution in [0.1, 0.15) is 19.3 Å². The monoisotopic (exact) mass is 394 g/mol. The SMILES string of the molecule is CS(=O)(=O)N(CCC(=O)Nc1cc(Cl)cc(Cl)c1)CC1CCCO1. The van der Waals surface area contributed by atoms with Crippen LogP contribution in [0, 0.1) is 0 Å². The number of hydrogen-bond acceptors (Lipinski definition) is 4. The minimum Gasteiger partial charge on any atom is -0.377 e. The van der Waals surface area contributed by atoms with Crippen molar-refractivity contribution in [3.8, 4) is 0 Å². The molecular formula is C15H20Cl2N2O4S. The molecule has 0 aromatic heterocycles. The van der Waals surface area contributed by atoms with Gasteiger partial charge in [0.1, 0.15) is 0 Å². The Hall–Kier alpha value is -0.860. The molecule has 2 rings (SSSR count). The number of carbonyl (C=O) groups excluding carboxylic acids is 1. The molecule has 1 aliphatic rings. The van der Waals surface area contributed by atoms with Crippen molar-refractivity contribution in [3.05, 3.63) is 28.2 Å². The zero-order chi connectivity index (χ0) is 17.7. The number of ether oxygens (including phenoxy) is 1. The molecule has 1 amide bonds. The lowest BCUT2D eigenvalue weighted by Gasteiger charge is -2.22. The van der Waals surface area contributed by atoms with Crippen LogP contribution in [0.2, 0.25) is 10.0 Å². The van der Waals surface area contributed by atoms with E-state index in [4.69, 9.17) is 27.9 Å². The number of nitrogens with one attached hydrogen (secondary N) is 1. The van der Waals surface area contributed by atoms with Gasteiger partial charge in [0.2, 0.25) is 15.9 Å². The zero-order valence-corrected chi connectivity index (χ0v) is 15.6. The highest BCUT2D eigenvalue weighted by atomic mass is 35.5. The predicted molar refractivity (Wildman–Crippen MR) is 95.1 cm³/mol. The van der Waals surface area contributed by atoms with Gasteiger partial charge in [-0.25, -0.2) is 8.42 Å². The second-order valence-corrected chi connectivity index (χ2v) is 8.57. The largest absolute Gasteiger partial charge is 0.377 e. The molecule has 1 aromatic rings. The van der Waals surface area contributed by atoms with E-state index in [1.54, 1.807) is 18.2 Å². The van der Waals surface area contributed by atoms with E-state index in [1.165, 1.54) is 4.31 Å². The zero-order valence-electron chi connectivity index (χ0n) is 13.3. The summed E-state index contributed by atoms with van der Waals surface area (Å²) in [6, 6.07) is 4.71. The Morgan fingerprint density at radius 3 is 2.54 bits per heavy atom. The summed E-state index contributed by atoms with van der Waals surface area (Å²) in [5.74, 6) is -0.311. The standard InChI is InChI=1S/C15H20Cl2N2O4S/c1-24(21,22)19(10-14-3-2-6-23-14)5-4-15(20)18-13-8-11(16)7-12(17)9-13/h7-9,14H,2-6,10H2,1H3,(H,18,20). The average Bonchev–Trinajstić information content (AvgIpc) is 2.93. The van der Waals surface area contributed by atoms with Crippen molar-refractivity contribution in [2.45, 2.75) is 25.4 Å². The normalized spacial score (nSPS) is 18.1. The molecule has 1 atom stereocenters. The summed E-state index contributed by atoms with van der Waals surface area (Å²) in [5, 5.41) is 3.49. The van der Waals surface area contributed by atoms with Crippen LogP contribution in [0.4, 0.5) is 5.69 Å². The lowest BCUT2D eigenvalue weighted by Crippen LogP contribution is -2.38. The fourth-order valence-electron chi connectivity index (χ4n) is 2.48. The summed E-state index contributed by atoms with van der Waals surface area (Å²) >= 11 is 11.8. The molecule has 0 aliphatic carbocycles. The van der Waals surface area contributed by atoms with Gasteiger partial charge in [-0.2, -0.15) is 4.31 Å². The Labute approximate surface area is 152 Å². The Morgan fingerprint density at radius 2 is 2.00 bits per heavy atom. The van der Waals surface area contributed by atoms with Crippen LogP contribution in [0.3, 0.4) is 0 Å².